The molecule has 0 heterocycles. The first-order valence-electron chi connectivity index (χ1n) is 9.33. The molecule has 1 atom stereocenters. The number of rotatable bonds is 7. The Kier molecular flexibility index (Phi) is 7.43. The summed E-state index contributed by atoms with van der Waals surface area (Å²) in [6.07, 6.45) is 0. The Morgan fingerprint density at radius 1 is 0.963 bits per heavy atom. The fourth-order valence-electron chi connectivity index (χ4n) is 3.12. The first-order valence-corrected chi connectivity index (χ1v) is 9.70. The highest BCUT2D eigenvalue weighted by Gasteiger charge is 2.24. The molecule has 2 aromatic carbocycles. The highest BCUT2D eigenvalue weighted by molar-refractivity contribution is 6.30. The van der Waals surface area contributed by atoms with Crippen molar-refractivity contribution in [2.24, 2.45) is 5.92 Å². The highest BCUT2D eigenvalue weighted by atomic mass is 35.5. The summed E-state index contributed by atoms with van der Waals surface area (Å²) in [5, 5.41) is 3.61. The monoisotopic (exact) mass is 386 g/mol. The maximum atomic E-state index is 12.8. The van der Waals surface area contributed by atoms with Gasteiger partial charge in [0.05, 0.1) is 5.92 Å². The van der Waals surface area contributed by atoms with Crippen LogP contribution in [0.2, 0.25) is 5.02 Å². The van der Waals surface area contributed by atoms with Crippen molar-refractivity contribution >= 4 is 29.1 Å². The second-order valence-electron chi connectivity index (χ2n) is 6.82. The summed E-state index contributed by atoms with van der Waals surface area (Å²) in [5.41, 5.74) is 2.23. The predicted octanol–water partition coefficient (Wildman–Crippen LogP) is 5.20. The summed E-state index contributed by atoms with van der Waals surface area (Å²) in [6.45, 7) is 9.29. The number of nitrogens with zero attached hydrogens (tertiary/aromatic N) is 1. The molecule has 0 aliphatic heterocycles. The van der Waals surface area contributed by atoms with Gasteiger partial charge in [-0.15, -0.1) is 0 Å². The smallest absolute Gasteiger partial charge is 0.253 e. The zero-order valence-electron chi connectivity index (χ0n) is 16.3. The van der Waals surface area contributed by atoms with E-state index in [1.54, 1.807) is 41.3 Å². The van der Waals surface area contributed by atoms with Gasteiger partial charge < -0.3 is 10.2 Å². The number of carbonyl (C=O) groups is 2. The van der Waals surface area contributed by atoms with Gasteiger partial charge >= 0.3 is 0 Å². The SMILES string of the molecule is CCN(CC)C(=O)c1ccc(NC(=O)[C@@H](c2ccc(Cl)cc2)C(C)C)cc1. The van der Waals surface area contributed by atoms with Crippen molar-refractivity contribution in [1.82, 2.24) is 4.90 Å². The normalized spacial score (nSPS) is 11.9. The van der Waals surface area contributed by atoms with E-state index in [2.05, 4.69) is 5.32 Å². The molecule has 2 aromatic rings. The molecule has 2 amide bonds. The lowest BCUT2D eigenvalue weighted by Crippen LogP contribution is -2.30. The number of benzene rings is 2. The van der Waals surface area contributed by atoms with Crippen LogP contribution < -0.4 is 5.32 Å². The van der Waals surface area contributed by atoms with E-state index in [0.29, 0.717) is 29.4 Å². The molecule has 1 N–H and O–H groups in total. The summed E-state index contributed by atoms with van der Waals surface area (Å²) in [6, 6.07) is 14.4. The molecule has 0 aliphatic carbocycles. The molecule has 0 unspecified atom stereocenters. The fourth-order valence-corrected chi connectivity index (χ4v) is 3.24. The maximum absolute atomic E-state index is 12.8. The van der Waals surface area contributed by atoms with E-state index in [0.717, 1.165) is 5.56 Å². The maximum Gasteiger partial charge on any atom is 0.253 e. The second-order valence-corrected chi connectivity index (χ2v) is 7.25. The molecule has 27 heavy (non-hydrogen) atoms. The van der Waals surface area contributed by atoms with Crippen molar-refractivity contribution in [2.75, 3.05) is 18.4 Å². The van der Waals surface area contributed by atoms with Gasteiger partial charge in [-0.2, -0.15) is 0 Å². The predicted molar refractivity (Wildman–Crippen MR) is 111 cm³/mol. The van der Waals surface area contributed by atoms with Gasteiger partial charge in [0.15, 0.2) is 0 Å². The fraction of sp³-hybridized carbons (Fsp3) is 0.364. The summed E-state index contributed by atoms with van der Waals surface area (Å²) < 4.78 is 0. The van der Waals surface area contributed by atoms with Gasteiger partial charge in [0.25, 0.3) is 5.91 Å². The third kappa shape index (κ3) is 5.33. The Labute approximate surface area is 166 Å². The molecule has 5 heteroatoms. The number of amides is 2. The molecular weight excluding hydrogens is 360 g/mol. The number of halogens is 1. The van der Waals surface area contributed by atoms with Crippen LogP contribution in [0.1, 0.15) is 49.5 Å². The number of hydrogen-bond acceptors (Lipinski definition) is 2. The van der Waals surface area contributed by atoms with Gasteiger partial charge in [-0.1, -0.05) is 37.6 Å². The Morgan fingerprint density at radius 2 is 1.52 bits per heavy atom. The van der Waals surface area contributed by atoms with Crippen LogP contribution in [-0.2, 0) is 4.79 Å². The summed E-state index contributed by atoms with van der Waals surface area (Å²) in [4.78, 5) is 27.0. The lowest BCUT2D eigenvalue weighted by Gasteiger charge is -2.21. The Bertz CT molecular complexity index is 766. The van der Waals surface area contributed by atoms with Crippen LogP contribution in [0.25, 0.3) is 0 Å². The van der Waals surface area contributed by atoms with E-state index in [-0.39, 0.29) is 23.7 Å². The lowest BCUT2D eigenvalue weighted by atomic mass is 9.87. The van der Waals surface area contributed by atoms with Crippen LogP contribution in [-0.4, -0.2) is 29.8 Å². The van der Waals surface area contributed by atoms with Crippen LogP contribution in [0.3, 0.4) is 0 Å². The van der Waals surface area contributed by atoms with Crippen molar-refractivity contribution in [3.63, 3.8) is 0 Å². The number of nitrogens with one attached hydrogen (secondary N) is 1. The van der Waals surface area contributed by atoms with Gasteiger partial charge in [-0.25, -0.2) is 0 Å². The second kappa shape index (κ2) is 9.56. The minimum Gasteiger partial charge on any atom is -0.339 e. The first kappa shape index (κ1) is 21.0. The van der Waals surface area contributed by atoms with Crippen molar-refractivity contribution in [1.29, 1.82) is 0 Å². The van der Waals surface area contributed by atoms with E-state index < -0.39 is 0 Å². The highest BCUT2D eigenvalue weighted by Crippen LogP contribution is 2.27. The van der Waals surface area contributed by atoms with Crippen LogP contribution in [0.15, 0.2) is 48.5 Å². The van der Waals surface area contributed by atoms with Crippen LogP contribution in [0, 0.1) is 5.92 Å². The van der Waals surface area contributed by atoms with E-state index in [1.807, 2.05) is 39.8 Å². The number of carbonyl (C=O) groups excluding carboxylic acids is 2. The van der Waals surface area contributed by atoms with Crippen molar-refractivity contribution in [3.05, 3.63) is 64.7 Å². The number of anilines is 1. The molecule has 0 radical (unpaired) electrons. The number of hydrogen-bond donors (Lipinski definition) is 1. The topological polar surface area (TPSA) is 49.4 Å². The average Bonchev–Trinajstić information content (AvgIpc) is 2.64. The van der Waals surface area contributed by atoms with Gasteiger partial charge in [-0.3, -0.25) is 9.59 Å². The van der Waals surface area contributed by atoms with Crippen molar-refractivity contribution in [2.45, 2.75) is 33.6 Å². The third-order valence-electron chi connectivity index (χ3n) is 4.63. The van der Waals surface area contributed by atoms with E-state index >= 15 is 0 Å². The lowest BCUT2D eigenvalue weighted by molar-refractivity contribution is -0.118. The third-order valence-corrected chi connectivity index (χ3v) is 4.88. The molecule has 0 fully saturated rings. The average molecular weight is 387 g/mol. The Balaban J connectivity index is 2.13. The van der Waals surface area contributed by atoms with Crippen molar-refractivity contribution in [3.8, 4) is 0 Å². The van der Waals surface area contributed by atoms with Crippen LogP contribution in [0.5, 0.6) is 0 Å². The van der Waals surface area contributed by atoms with Crippen molar-refractivity contribution < 1.29 is 9.59 Å². The summed E-state index contributed by atoms with van der Waals surface area (Å²) in [5.74, 6) is -0.219. The van der Waals surface area contributed by atoms with E-state index in [4.69, 9.17) is 11.6 Å². The molecule has 0 bridgehead atoms. The molecule has 0 saturated carbocycles. The first-order chi connectivity index (χ1) is 12.9. The van der Waals surface area contributed by atoms with Crippen LogP contribution in [0.4, 0.5) is 5.69 Å². The van der Waals surface area contributed by atoms with Gasteiger partial charge in [0.2, 0.25) is 5.91 Å². The Hall–Kier alpha value is -2.33. The summed E-state index contributed by atoms with van der Waals surface area (Å²) >= 11 is 5.96. The van der Waals surface area contributed by atoms with Gasteiger partial charge in [0.1, 0.15) is 0 Å². The zero-order chi connectivity index (χ0) is 20.0. The minimum absolute atomic E-state index is 0.000835. The molecule has 144 valence electrons. The molecule has 0 aromatic heterocycles. The largest absolute Gasteiger partial charge is 0.339 e. The molecule has 0 aliphatic rings. The zero-order valence-corrected chi connectivity index (χ0v) is 17.1. The standard InChI is InChI=1S/C22H27ClN2O2/c1-5-25(6-2)22(27)17-9-13-19(14-10-17)24-21(26)20(15(3)4)16-7-11-18(23)12-8-16/h7-15,20H,5-6H2,1-4H3,(H,24,26)/t20-/m1/s1. The van der Waals surface area contributed by atoms with Gasteiger partial charge in [-0.05, 0) is 61.7 Å². The Morgan fingerprint density at radius 3 is 2.00 bits per heavy atom. The minimum atomic E-state index is -0.278. The molecular formula is C22H27ClN2O2. The van der Waals surface area contributed by atoms with E-state index in [9.17, 15) is 9.59 Å². The molecule has 2 rings (SSSR count). The quantitative estimate of drug-likeness (QED) is 0.710. The molecule has 0 saturated heterocycles. The molecule has 0 spiro atoms. The molecule has 4 nitrogen and oxygen atoms in total. The van der Waals surface area contributed by atoms with Crippen LogP contribution >= 0.6 is 11.6 Å². The summed E-state index contributed by atoms with van der Waals surface area (Å²) in [7, 11) is 0. The van der Waals surface area contributed by atoms with E-state index in [1.165, 1.54) is 0 Å². The van der Waals surface area contributed by atoms with Gasteiger partial charge in [0, 0.05) is 29.4 Å².